The van der Waals surface area contributed by atoms with Crippen LogP contribution in [-0.4, -0.2) is 29.5 Å². The van der Waals surface area contributed by atoms with E-state index in [9.17, 15) is 4.79 Å². The van der Waals surface area contributed by atoms with Gasteiger partial charge in [0.05, 0.1) is 0 Å². The molecule has 2 unspecified atom stereocenters. The van der Waals surface area contributed by atoms with Crippen LogP contribution in [0.3, 0.4) is 0 Å². The lowest BCUT2D eigenvalue weighted by atomic mass is 10.1. The van der Waals surface area contributed by atoms with Gasteiger partial charge in [0.25, 0.3) is 0 Å². The van der Waals surface area contributed by atoms with E-state index in [1.54, 1.807) is 0 Å². The first-order chi connectivity index (χ1) is 8.83. The predicted molar refractivity (Wildman–Crippen MR) is 76.0 cm³/mol. The van der Waals surface area contributed by atoms with Crippen molar-refractivity contribution in [1.29, 1.82) is 0 Å². The third-order valence-electron chi connectivity index (χ3n) is 3.62. The van der Waals surface area contributed by atoms with Gasteiger partial charge in [-0.15, -0.1) is 0 Å². The third kappa shape index (κ3) is 2.48. The highest BCUT2D eigenvalue weighted by Gasteiger charge is 2.26. The molecule has 2 N–H and O–H groups in total. The summed E-state index contributed by atoms with van der Waals surface area (Å²) in [5, 5.41) is 6.99. The summed E-state index contributed by atoms with van der Waals surface area (Å²) in [6, 6.07) is 8.06. The van der Waals surface area contributed by atoms with Gasteiger partial charge in [-0.3, -0.25) is 4.79 Å². The van der Waals surface area contributed by atoms with Gasteiger partial charge in [0.2, 0.25) is 5.91 Å². The van der Waals surface area contributed by atoms with Crippen molar-refractivity contribution in [3.8, 4) is 0 Å². The summed E-state index contributed by atoms with van der Waals surface area (Å²) in [5.41, 5.74) is 2.35. The highest BCUT2D eigenvalue weighted by atomic mass is 32.2. The Balaban J connectivity index is 1.52. The first-order valence-corrected chi connectivity index (χ1v) is 7.61. The van der Waals surface area contributed by atoms with Gasteiger partial charge in [0.1, 0.15) is 6.04 Å². The summed E-state index contributed by atoms with van der Waals surface area (Å²) in [6.45, 7) is 0.817. The van der Waals surface area contributed by atoms with Crippen LogP contribution in [0, 0.1) is 0 Å². The molecular weight excluding hydrogens is 244 g/mol. The van der Waals surface area contributed by atoms with E-state index in [4.69, 9.17) is 0 Å². The zero-order valence-electron chi connectivity index (χ0n) is 10.3. The van der Waals surface area contributed by atoms with Gasteiger partial charge in [-0.25, -0.2) is 0 Å². The molecule has 96 valence electrons. The smallest absolute Gasteiger partial charge is 0.242 e. The number of hydrogen-bond acceptors (Lipinski definition) is 3. The monoisotopic (exact) mass is 262 g/mol. The fraction of sp³-hybridized carbons (Fsp3) is 0.500. The number of amides is 1. The minimum absolute atomic E-state index is 0.0891. The van der Waals surface area contributed by atoms with Crippen LogP contribution in [0.15, 0.2) is 24.3 Å². The average molecular weight is 262 g/mol. The van der Waals surface area contributed by atoms with E-state index in [0.717, 1.165) is 18.7 Å². The quantitative estimate of drug-likeness (QED) is 0.876. The number of hydrogen-bond donors (Lipinski definition) is 2. The predicted octanol–water partition coefficient (Wildman–Crippen LogP) is 2.03. The largest absolute Gasteiger partial charge is 0.373 e. The maximum atomic E-state index is 12.1. The van der Waals surface area contributed by atoms with E-state index in [1.165, 1.54) is 24.2 Å². The Morgan fingerprint density at radius 3 is 3.11 bits per heavy atom. The minimum atomic E-state index is -0.0891. The maximum absolute atomic E-state index is 12.1. The number of rotatable bonds is 3. The summed E-state index contributed by atoms with van der Waals surface area (Å²) in [6.07, 6.45) is 3.33. The van der Waals surface area contributed by atoms with Crippen molar-refractivity contribution >= 4 is 23.4 Å². The fourth-order valence-electron chi connectivity index (χ4n) is 2.60. The molecule has 0 aliphatic carbocycles. The van der Waals surface area contributed by atoms with Crippen LogP contribution in [0.4, 0.5) is 5.69 Å². The van der Waals surface area contributed by atoms with E-state index in [2.05, 4.69) is 16.7 Å². The number of carbonyl (C=O) groups is 1. The van der Waals surface area contributed by atoms with E-state index in [-0.39, 0.29) is 11.9 Å². The van der Waals surface area contributed by atoms with Crippen molar-refractivity contribution < 1.29 is 4.79 Å². The highest BCUT2D eigenvalue weighted by molar-refractivity contribution is 8.00. The summed E-state index contributed by atoms with van der Waals surface area (Å²) in [4.78, 5) is 12.1. The molecule has 1 saturated heterocycles. The molecule has 0 saturated carbocycles. The Hall–Kier alpha value is -1.16. The van der Waals surface area contributed by atoms with Crippen LogP contribution in [0.2, 0.25) is 0 Å². The number of nitrogens with one attached hydrogen (secondary N) is 2. The standard InChI is InChI=1S/C14H18N2OS/c17-14(15-9-11-5-3-7-18-11)13-8-10-4-1-2-6-12(10)16-13/h1-2,4,6,11,13,16H,3,5,7-9H2,(H,15,17). The molecule has 1 fully saturated rings. The number of para-hydroxylation sites is 1. The number of fused-ring (bicyclic) bond motifs is 1. The van der Waals surface area contributed by atoms with Crippen molar-refractivity contribution in [2.75, 3.05) is 17.6 Å². The van der Waals surface area contributed by atoms with Crippen molar-refractivity contribution in [2.24, 2.45) is 0 Å². The van der Waals surface area contributed by atoms with Gasteiger partial charge in [-0.2, -0.15) is 11.8 Å². The Kier molecular flexibility index (Phi) is 3.46. The zero-order chi connectivity index (χ0) is 12.4. The van der Waals surface area contributed by atoms with E-state index >= 15 is 0 Å². The van der Waals surface area contributed by atoms with Crippen molar-refractivity contribution in [3.63, 3.8) is 0 Å². The van der Waals surface area contributed by atoms with Crippen LogP contribution in [-0.2, 0) is 11.2 Å². The molecule has 18 heavy (non-hydrogen) atoms. The van der Waals surface area contributed by atoms with Gasteiger partial charge in [0, 0.05) is 23.9 Å². The number of carbonyl (C=O) groups excluding carboxylic acids is 1. The number of anilines is 1. The Bertz CT molecular complexity index is 418. The van der Waals surface area contributed by atoms with Crippen LogP contribution < -0.4 is 10.6 Å². The normalized spacial score (nSPS) is 25.6. The molecule has 3 rings (SSSR count). The molecule has 1 amide bonds. The van der Waals surface area contributed by atoms with Crippen LogP contribution >= 0.6 is 11.8 Å². The lowest BCUT2D eigenvalue weighted by molar-refractivity contribution is -0.121. The summed E-state index contributed by atoms with van der Waals surface area (Å²) >= 11 is 1.98. The molecule has 3 nitrogen and oxygen atoms in total. The highest BCUT2D eigenvalue weighted by Crippen LogP contribution is 2.26. The molecule has 2 atom stereocenters. The van der Waals surface area contributed by atoms with Gasteiger partial charge in [0.15, 0.2) is 0 Å². The second-order valence-electron chi connectivity index (χ2n) is 4.94. The lowest BCUT2D eigenvalue weighted by Crippen LogP contribution is -2.40. The Labute approximate surface area is 112 Å². The fourth-order valence-corrected chi connectivity index (χ4v) is 3.80. The molecule has 1 aromatic rings. The molecule has 0 radical (unpaired) electrons. The molecule has 0 bridgehead atoms. The Morgan fingerprint density at radius 2 is 2.33 bits per heavy atom. The summed E-state index contributed by atoms with van der Waals surface area (Å²) in [7, 11) is 0. The molecule has 0 spiro atoms. The third-order valence-corrected chi connectivity index (χ3v) is 5.01. The molecule has 0 aromatic heterocycles. The summed E-state index contributed by atoms with van der Waals surface area (Å²) < 4.78 is 0. The van der Waals surface area contributed by atoms with Crippen LogP contribution in [0.1, 0.15) is 18.4 Å². The topological polar surface area (TPSA) is 41.1 Å². The first kappa shape index (κ1) is 11.9. The maximum Gasteiger partial charge on any atom is 0.242 e. The van der Waals surface area contributed by atoms with Crippen LogP contribution in [0.5, 0.6) is 0 Å². The SMILES string of the molecule is O=C(NCC1CCCS1)C1Cc2ccccc2N1. The molecule has 2 aliphatic heterocycles. The van der Waals surface area contributed by atoms with Crippen molar-refractivity contribution in [2.45, 2.75) is 30.6 Å². The molecular formula is C14H18N2OS. The Morgan fingerprint density at radius 1 is 1.44 bits per heavy atom. The van der Waals surface area contributed by atoms with Gasteiger partial charge < -0.3 is 10.6 Å². The van der Waals surface area contributed by atoms with Gasteiger partial charge in [-0.1, -0.05) is 18.2 Å². The lowest BCUT2D eigenvalue weighted by Gasteiger charge is -2.14. The average Bonchev–Trinajstić information content (AvgIpc) is 3.04. The second kappa shape index (κ2) is 5.22. The molecule has 1 aromatic carbocycles. The first-order valence-electron chi connectivity index (χ1n) is 6.57. The van der Waals surface area contributed by atoms with Crippen molar-refractivity contribution in [1.82, 2.24) is 5.32 Å². The zero-order valence-corrected chi connectivity index (χ0v) is 11.1. The van der Waals surface area contributed by atoms with Crippen molar-refractivity contribution in [3.05, 3.63) is 29.8 Å². The van der Waals surface area contributed by atoms with E-state index in [1.807, 2.05) is 30.0 Å². The number of thioether (sulfide) groups is 1. The van der Waals surface area contributed by atoms with E-state index < -0.39 is 0 Å². The molecule has 2 aliphatic rings. The molecule has 2 heterocycles. The number of benzene rings is 1. The second-order valence-corrected chi connectivity index (χ2v) is 6.35. The van der Waals surface area contributed by atoms with Crippen LogP contribution in [0.25, 0.3) is 0 Å². The molecule has 4 heteroatoms. The summed E-state index contributed by atoms with van der Waals surface area (Å²) in [5.74, 6) is 1.38. The van der Waals surface area contributed by atoms with E-state index in [0.29, 0.717) is 5.25 Å². The minimum Gasteiger partial charge on any atom is -0.373 e. The van der Waals surface area contributed by atoms with Gasteiger partial charge >= 0.3 is 0 Å². The van der Waals surface area contributed by atoms with Gasteiger partial charge in [-0.05, 0) is 30.2 Å².